The fraction of sp³-hybridized carbons (Fsp3) is 0.214. The highest BCUT2D eigenvalue weighted by Gasteiger charge is 2.30. The second-order valence-electron chi connectivity index (χ2n) is 4.60. The topological polar surface area (TPSA) is 38.7 Å². The molecule has 0 atom stereocenters. The van der Waals surface area contributed by atoms with Gasteiger partial charge in [-0.2, -0.15) is 13.2 Å². The highest BCUT2D eigenvalue weighted by Crippen LogP contribution is 2.34. The summed E-state index contributed by atoms with van der Waals surface area (Å²) in [7, 11) is 0. The molecule has 0 amide bonds. The van der Waals surface area contributed by atoms with Gasteiger partial charge in [0.25, 0.3) is 0 Å². The molecule has 0 aliphatic carbocycles. The summed E-state index contributed by atoms with van der Waals surface area (Å²) in [6, 6.07) is 5.07. The lowest BCUT2D eigenvalue weighted by molar-refractivity contribution is -0.137. The first-order valence-corrected chi connectivity index (χ1v) is 11.9. The lowest BCUT2D eigenvalue weighted by atomic mass is 10.1. The Morgan fingerprint density at radius 2 is 1.72 bits per heavy atom. The smallest absolute Gasteiger partial charge is 0.240 e. The highest BCUT2D eigenvalue weighted by atomic mass is 127. The van der Waals surface area contributed by atoms with E-state index in [1.807, 2.05) is 5.38 Å². The Balaban J connectivity index is 1.63. The van der Waals surface area contributed by atoms with Gasteiger partial charge < -0.3 is 0 Å². The van der Waals surface area contributed by atoms with Crippen LogP contribution < -0.4 is 0 Å². The van der Waals surface area contributed by atoms with E-state index in [9.17, 15) is 13.2 Å². The summed E-state index contributed by atoms with van der Waals surface area (Å²) in [6.45, 7) is 0. The maximum Gasteiger partial charge on any atom is 0.416 e. The van der Waals surface area contributed by atoms with Crippen LogP contribution in [0.2, 0.25) is 0 Å². The molecule has 132 valence electrons. The maximum atomic E-state index is 12.6. The molecule has 0 saturated carbocycles. The lowest BCUT2D eigenvalue weighted by Gasteiger charge is -2.06. The van der Waals surface area contributed by atoms with E-state index in [1.165, 1.54) is 23.5 Å². The number of benzene rings is 1. The van der Waals surface area contributed by atoms with Crippen LogP contribution in [-0.4, -0.2) is 18.9 Å². The van der Waals surface area contributed by atoms with Crippen LogP contribution in [-0.2, 0) is 11.9 Å². The molecular weight excluding hydrogens is 522 g/mol. The van der Waals surface area contributed by atoms with Gasteiger partial charge in [-0.3, -0.25) is 0 Å². The van der Waals surface area contributed by atoms with Crippen molar-refractivity contribution < 1.29 is 13.2 Å². The van der Waals surface area contributed by atoms with Crippen molar-refractivity contribution in [3.05, 3.63) is 40.9 Å². The zero-order valence-corrected chi connectivity index (χ0v) is 17.7. The Morgan fingerprint density at radius 1 is 1.04 bits per heavy atom. The van der Waals surface area contributed by atoms with Gasteiger partial charge in [0.05, 0.1) is 15.0 Å². The van der Waals surface area contributed by atoms with Gasteiger partial charge in [-0.1, -0.05) is 69.6 Å². The zero-order valence-electron chi connectivity index (χ0n) is 12.3. The second-order valence-corrected chi connectivity index (χ2v) is 10.7. The molecule has 3 aromatic rings. The molecule has 0 aliphatic heterocycles. The largest absolute Gasteiger partial charge is 0.416 e. The molecule has 3 nitrogen and oxygen atoms in total. The minimum Gasteiger partial charge on any atom is -0.240 e. The number of thioether (sulfide) groups is 2. The van der Waals surface area contributed by atoms with Crippen molar-refractivity contribution in [1.29, 1.82) is 0 Å². The summed E-state index contributed by atoms with van der Waals surface area (Å²) in [6.07, 6.45) is -4.32. The zero-order chi connectivity index (χ0) is 17.9. The third-order valence-corrected chi connectivity index (χ3v) is 7.72. The molecule has 0 radical (unpaired) electrons. The summed E-state index contributed by atoms with van der Waals surface area (Å²) in [5.41, 5.74) is 0.911. The molecule has 0 N–H and O–H groups in total. The Hall–Kier alpha value is -0.370. The van der Waals surface area contributed by atoms with Crippen molar-refractivity contribution in [2.45, 2.75) is 20.6 Å². The molecule has 0 spiro atoms. The molecule has 1 aromatic carbocycles. The first-order chi connectivity index (χ1) is 12.0. The van der Waals surface area contributed by atoms with E-state index in [4.69, 9.17) is 0 Å². The van der Waals surface area contributed by atoms with Crippen LogP contribution >= 0.6 is 68.8 Å². The van der Waals surface area contributed by atoms with Crippen molar-refractivity contribution >= 4 is 68.8 Å². The Kier molecular flexibility index (Phi) is 6.63. The van der Waals surface area contributed by atoms with Gasteiger partial charge >= 0.3 is 6.18 Å². The Bertz CT molecular complexity index is 832. The standard InChI is InChI=1S/C14H9F3IN3S4/c15-14(16,17)9-3-1-8(2-4-9)11-19-10(5-22-11)6-23-12-20-21-13(25-12)24-7-18/h1-5H,6-7H2. The number of hydrogen-bond acceptors (Lipinski definition) is 7. The number of halogens is 4. The van der Waals surface area contributed by atoms with E-state index in [2.05, 4.69) is 37.8 Å². The predicted octanol–water partition coefficient (Wildman–Crippen LogP) is 6.46. The van der Waals surface area contributed by atoms with E-state index in [-0.39, 0.29) is 0 Å². The monoisotopic (exact) mass is 531 g/mol. The van der Waals surface area contributed by atoms with Crippen molar-refractivity contribution in [2.24, 2.45) is 0 Å². The third kappa shape index (κ3) is 5.31. The summed E-state index contributed by atoms with van der Waals surface area (Å²) in [5.74, 6) is 0.653. The van der Waals surface area contributed by atoms with Gasteiger partial charge in [0.1, 0.15) is 5.01 Å². The fourth-order valence-electron chi connectivity index (χ4n) is 1.80. The molecule has 0 saturated heterocycles. The number of thiazole rings is 1. The van der Waals surface area contributed by atoms with Crippen LogP contribution in [0.1, 0.15) is 11.3 Å². The van der Waals surface area contributed by atoms with E-state index in [0.717, 1.165) is 30.3 Å². The fourth-order valence-corrected chi connectivity index (χ4v) is 6.73. The summed E-state index contributed by atoms with van der Waals surface area (Å²) in [4.78, 5) is 4.50. The van der Waals surface area contributed by atoms with E-state index < -0.39 is 11.7 Å². The summed E-state index contributed by atoms with van der Waals surface area (Å²) < 4.78 is 40.6. The quantitative estimate of drug-likeness (QED) is 0.208. The molecule has 2 heterocycles. The van der Waals surface area contributed by atoms with Crippen LogP contribution in [0.5, 0.6) is 0 Å². The maximum absolute atomic E-state index is 12.6. The summed E-state index contributed by atoms with van der Waals surface area (Å²) >= 11 is 8.45. The Labute approximate surface area is 172 Å². The number of rotatable bonds is 6. The third-order valence-electron chi connectivity index (χ3n) is 2.92. The lowest BCUT2D eigenvalue weighted by Crippen LogP contribution is -2.03. The van der Waals surface area contributed by atoms with Crippen LogP contribution in [0.4, 0.5) is 13.2 Å². The van der Waals surface area contributed by atoms with Gasteiger partial charge in [0.15, 0.2) is 8.68 Å². The van der Waals surface area contributed by atoms with Gasteiger partial charge in [-0.05, 0) is 12.1 Å². The van der Waals surface area contributed by atoms with Gasteiger partial charge in [-0.15, -0.1) is 21.5 Å². The van der Waals surface area contributed by atoms with E-state index in [0.29, 0.717) is 16.3 Å². The van der Waals surface area contributed by atoms with Crippen molar-refractivity contribution in [3.63, 3.8) is 0 Å². The van der Waals surface area contributed by atoms with Gasteiger partial charge in [0.2, 0.25) is 0 Å². The molecule has 0 bridgehead atoms. The Morgan fingerprint density at radius 3 is 2.36 bits per heavy atom. The molecule has 0 fully saturated rings. The number of alkyl halides is 4. The van der Waals surface area contributed by atoms with E-state index in [1.54, 1.807) is 34.9 Å². The molecule has 0 aliphatic rings. The van der Waals surface area contributed by atoms with Crippen molar-refractivity contribution in [2.75, 3.05) is 3.76 Å². The minimum atomic E-state index is -4.32. The average Bonchev–Trinajstić information content (AvgIpc) is 3.22. The molecule has 25 heavy (non-hydrogen) atoms. The number of nitrogens with zero attached hydrogens (tertiary/aromatic N) is 3. The van der Waals surface area contributed by atoms with Crippen molar-refractivity contribution in [3.8, 4) is 10.6 Å². The van der Waals surface area contributed by atoms with Gasteiger partial charge in [0, 0.05) is 16.7 Å². The van der Waals surface area contributed by atoms with Crippen LogP contribution in [0.15, 0.2) is 38.3 Å². The average molecular weight is 531 g/mol. The first-order valence-electron chi connectivity index (χ1n) is 6.73. The summed E-state index contributed by atoms with van der Waals surface area (Å²) in [5, 5.41) is 10.8. The normalized spacial score (nSPS) is 11.8. The van der Waals surface area contributed by atoms with Gasteiger partial charge in [-0.25, -0.2) is 4.98 Å². The molecule has 0 unspecified atom stereocenters. The molecular formula is C14H9F3IN3S4. The first kappa shape index (κ1) is 19.4. The van der Waals surface area contributed by atoms with Crippen LogP contribution in [0.3, 0.4) is 0 Å². The molecule has 2 aromatic heterocycles. The molecule has 11 heteroatoms. The molecule has 3 rings (SSSR count). The highest BCUT2D eigenvalue weighted by molar-refractivity contribution is 14.1. The van der Waals surface area contributed by atoms with E-state index >= 15 is 0 Å². The van der Waals surface area contributed by atoms with Crippen LogP contribution in [0.25, 0.3) is 10.6 Å². The minimum absolute atomic E-state index is 0.653. The van der Waals surface area contributed by atoms with Crippen LogP contribution in [0, 0.1) is 0 Å². The SMILES string of the molecule is FC(F)(F)c1ccc(-c2nc(CSc3nnc(SCI)s3)cs2)cc1. The number of hydrogen-bond donors (Lipinski definition) is 0. The van der Waals surface area contributed by atoms with Crippen molar-refractivity contribution in [1.82, 2.24) is 15.2 Å². The predicted molar refractivity (Wildman–Crippen MR) is 107 cm³/mol. The second kappa shape index (κ2) is 8.55. The number of aromatic nitrogens is 3.